The molecule has 0 radical (unpaired) electrons. The molecule has 0 bridgehead atoms. The van der Waals surface area contributed by atoms with Crippen molar-refractivity contribution in [2.45, 2.75) is 38.5 Å². The first-order chi connectivity index (χ1) is 15.0. The largest absolute Gasteiger partial charge is 0.356 e. The van der Waals surface area contributed by atoms with Crippen LogP contribution in [-0.2, 0) is 6.42 Å². The molecule has 2 heterocycles. The van der Waals surface area contributed by atoms with E-state index in [2.05, 4.69) is 10.1 Å². The summed E-state index contributed by atoms with van der Waals surface area (Å²) < 4.78 is 18.7. The molecule has 2 aromatic carbocycles. The first-order valence-corrected chi connectivity index (χ1v) is 10.9. The Hall–Kier alpha value is -2.86. The van der Waals surface area contributed by atoms with E-state index >= 15 is 0 Å². The summed E-state index contributed by atoms with van der Waals surface area (Å²) in [6, 6.07) is 10.1. The molecule has 1 aliphatic carbocycles. The Morgan fingerprint density at radius 2 is 1.97 bits per heavy atom. The van der Waals surface area contributed by atoms with Crippen molar-refractivity contribution in [3.8, 4) is 0 Å². The van der Waals surface area contributed by atoms with Gasteiger partial charge in [0.25, 0.3) is 0 Å². The van der Waals surface area contributed by atoms with Gasteiger partial charge in [0, 0.05) is 41.5 Å². The number of benzene rings is 2. The maximum absolute atomic E-state index is 13.4. The number of likely N-dealkylation sites (tertiary alicyclic amines) is 1. The van der Waals surface area contributed by atoms with Gasteiger partial charge in [0.15, 0.2) is 17.1 Å². The van der Waals surface area contributed by atoms with Gasteiger partial charge >= 0.3 is 0 Å². The Bertz CT molecular complexity index is 1160. The highest BCUT2D eigenvalue weighted by Gasteiger charge is 2.30. The molecule has 6 heteroatoms. The van der Waals surface area contributed by atoms with Crippen molar-refractivity contribution in [3.63, 3.8) is 0 Å². The molecule has 1 unspecified atom stereocenters. The van der Waals surface area contributed by atoms with Crippen molar-refractivity contribution >= 4 is 22.5 Å². The van der Waals surface area contributed by atoms with Gasteiger partial charge in [-0.3, -0.25) is 9.59 Å². The molecule has 0 amide bonds. The Morgan fingerprint density at radius 1 is 1.16 bits per heavy atom. The van der Waals surface area contributed by atoms with Crippen LogP contribution in [0.1, 0.15) is 64.1 Å². The highest BCUT2D eigenvalue weighted by atomic mass is 19.1. The number of nitrogens with zero attached hydrogens (tertiary/aromatic N) is 2. The van der Waals surface area contributed by atoms with Crippen LogP contribution in [0, 0.1) is 11.7 Å². The SMILES string of the molecule is CC(=O)c1ccc2c(c1)CC(CN1CCC(c3noc4cc(F)ccc34)CC1)CC2=O. The minimum absolute atomic E-state index is 0.0302. The molecule has 31 heavy (non-hydrogen) atoms. The summed E-state index contributed by atoms with van der Waals surface area (Å²) in [7, 11) is 0. The quantitative estimate of drug-likeness (QED) is 0.568. The van der Waals surface area contributed by atoms with Gasteiger partial charge in [0.2, 0.25) is 0 Å². The fourth-order valence-corrected chi connectivity index (χ4v) is 5.12. The van der Waals surface area contributed by atoms with E-state index in [-0.39, 0.29) is 23.3 Å². The van der Waals surface area contributed by atoms with Crippen LogP contribution in [0.4, 0.5) is 4.39 Å². The third-order valence-corrected chi connectivity index (χ3v) is 6.75. The van der Waals surface area contributed by atoms with Crippen molar-refractivity contribution in [1.82, 2.24) is 10.1 Å². The van der Waals surface area contributed by atoms with Crippen molar-refractivity contribution in [2.24, 2.45) is 5.92 Å². The predicted molar refractivity (Wildman–Crippen MR) is 115 cm³/mol. The molecule has 0 N–H and O–H groups in total. The minimum atomic E-state index is -0.316. The molecule has 1 atom stereocenters. The third-order valence-electron chi connectivity index (χ3n) is 6.75. The summed E-state index contributed by atoms with van der Waals surface area (Å²) in [5.41, 5.74) is 3.88. The summed E-state index contributed by atoms with van der Waals surface area (Å²) in [6.07, 6.45) is 3.32. The zero-order valence-corrected chi connectivity index (χ0v) is 17.6. The van der Waals surface area contributed by atoms with Gasteiger partial charge < -0.3 is 9.42 Å². The molecule has 1 saturated heterocycles. The summed E-state index contributed by atoms with van der Waals surface area (Å²) in [6.45, 7) is 4.31. The van der Waals surface area contributed by atoms with E-state index < -0.39 is 0 Å². The molecule has 160 valence electrons. The smallest absolute Gasteiger partial charge is 0.170 e. The fraction of sp³-hybridized carbons (Fsp3) is 0.400. The molecule has 1 aromatic heterocycles. The monoisotopic (exact) mass is 420 g/mol. The topological polar surface area (TPSA) is 63.4 Å². The number of carbonyl (C=O) groups excluding carboxylic acids is 2. The third kappa shape index (κ3) is 3.92. The van der Waals surface area contributed by atoms with Crippen LogP contribution in [0.3, 0.4) is 0 Å². The lowest BCUT2D eigenvalue weighted by Crippen LogP contribution is -2.38. The standard InChI is InChI=1S/C25H25FN2O3/c1-15(29)18-2-4-21-19(12-18)10-16(11-23(21)30)14-28-8-6-17(7-9-28)25-22-5-3-20(26)13-24(22)31-27-25/h2-5,12-13,16-17H,6-11,14H2,1H3. The maximum atomic E-state index is 13.4. The lowest BCUT2D eigenvalue weighted by atomic mass is 9.81. The number of piperidine rings is 1. The normalized spacial score (nSPS) is 20.2. The van der Waals surface area contributed by atoms with Crippen LogP contribution in [0.25, 0.3) is 11.0 Å². The lowest BCUT2D eigenvalue weighted by Gasteiger charge is -2.35. The van der Waals surface area contributed by atoms with Gasteiger partial charge in [-0.15, -0.1) is 0 Å². The van der Waals surface area contributed by atoms with Crippen LogP contribution in [-0.4, -0.2) is 41.3 Å². The number of aromatic nitrogens is 1. The van der Waals surface area contributed by atoms with Crippen molar-refractivity contribution in [2.75, 3.05) is 19.6 Å². The zero-order chi connectivity index (χ0) is 21.5. The summed E-state index contributed by atoms with van der Waals surface area (Å²) in [4.78, 5) is 26.8. The number of hydrogen-bond acceptors (Lipinski definition) is 5. The fourth-order valence-electron chi connectivity index (χ4n) is 5.12. The van der Waals surface area contributed by atoms with Gasteiger partial charge in [-0.25, -0.2) is 4.39 Å². The lowest BCUT2D eigenvalue weighted by molar-refractivity contribution is 0.0919. The highest BCUT2D eigenvalue weighted by molar-refractivity contribution is 6.01. The Balaban J connectivity index is 1.23. The van der Waals surface area contributed by atoms with Crippen LogP contribution >= 0.6 is 0 Å². The summed E-state index contributed by atoms with van der Waals surface area (Å²) in [5.74, 6) is 0.466. The predicted octanol–water partition coefficient (Wildman–Crippen LogP) is 4.79. The van der Waals surface area contributed by atoms with E-state index in [9.17, 15) is 14.0 Å². The van der Waals surface area contributed by atoms with Crippen molar-refractivity contribution in [3.05, 3.63) is 64.6 Å². The first-order valence-electron chi connectivity index (χ1n) is 10.9. The van der Waals surface area contributed by atoms with E-state index in [1.54, 1.807) is 19.1 Å². The van der Waals surface area contributed by atoms with Crippen LogP contribution in [0.2, 0.25) is 0 Å². The molecule has 5 nitrogen and oxygen atoms in total. The summed E-state index contributed by atoms with van der Waals surface area (Å²) in [5, 5.41) is 5.12. The van der Waals surface area contributed by atoms with Crippen LogP contribution in [0.15, 0.2) is 40.9 Å². The van der Waals surface area contributed by atoms with E-state index in [4.69, 9.17) is 4.52 Å². The molecule has 1 aliphatic heterocycles. The number of rotatable bonds is 4. The number of fused-ring (bicyclic) bond motifs is 2. The maximum Gasteiger partial charge on any atom is 0.170 e. The second-order valence-electron chi connectivity index (χ2n) is 8.91. The number of halogens is 1. The second-order valence-corrected chi connectivity index (χ2v) is 8.91. The molecule has 0 spiro atoms. The van der Waals surface area contributed by atoms with Crippen LogP contribution in [0.5, 0.6) is 0 Å². The van der Waals surface area contributed by atoms with E-state index in [0.717, 1.165) is 61.1 Å². The Kier molecular flexibility index (Phi) is 5.18. The van der Waals surface area contributed by atoms with Gasteiger partial charge in [0.05, 0.1) is 5.69 Å². The zero-order valence-electron chi connectivity index (χ0n) is 17.6. The van der Waals surface area contributed by atoms with Gasteiger partial charge in [-0.1, -0.05) is 17.3 Å². The summed E-state index contributed by atoms with van der Waals surface area (Å²) >= 11 is 0. The number of ketones is 2. The van der Waals surface area contributed by atoms with Gasteiger partial charge in [-0.2, -0.15) is 0 Å². The molecule has 0 saturated carbocycles. The minimum Gasteiger partial charge on any atom is -0.356 e. The first kappa shape index (κ1) is 20.1. The Labute approximate surface area is 180 Å². The van der Waals surface area contributed by atoms with Gasteiger partial charge in [-0.05, 0) is 69.0 Å². The number of hydrogen-bond donors (Lipinski definition) is 0. The van der Waals surface area contributed by atoms with E-state index in [0.29, 0.717) is 23.5 Å². The molecule has 1 fully saturated rings. The Morgan fingerprint density at radius 3 is 2.74 bits per heavy atom. The molecule has 2 aliphatic rings. The number of carbonyl (C=O) groups is 2. The second kappa shape index (κ2) is 8.00. The van der Waals surface area contributed by atoms with Crippen molar-refractivity contribution in [1.29, 1.82) is 0 Å². The van der Waals surface area contributed by atoms with Gasteiger partial charge in [0.1, 0.15) is 5.82 Å². The average Bonchev–Trinajstić information content (AvgIpc) is 3.17. The highest BCUT2D eigenvalue weighted by Crippen LogP contribution is 2.34. The molecule has 5 rings (SSSR count). The van der Waals surface area contributed by atoms with Crippen LogP contribution < -0.4 is 0 Å². The molecule has 3 aromatic rings. The molecular formula is C25H25FN2O3. The average molecular weight is 420 g/mol. The van der Waals surface area contributed by atoms with Crippen molar-refractivity contribution < 1.29 is 18.5 Å². The van der Waals surface area contributed by atoms with E-state index in [1.807, 2.05) is 12.1 Å². The van der Waals surface area contributed by atoms with E-state index in [1.165, 1.54) is 12.1 Å². The number of Topliss-reactive ketones (excluding diaryl/α,β-unsaturated/α-hetero) is 2. The molecular weight excluding hydrogens is 395 g/mol.